The molecule has 86 valence electrons. The van der Waals surface area contributed by atoms with Crippen LogP contribution >= 0.6 is 0 Å². The van der Waals surface area contributed by atoms with E-state index in [0.717, 1.165) is 6.42 Å². The third-order valence-corrected chi connectivity index (χ3v) is 3.81. The Morgan fingerprint density at radius 1 is 1.44 bits per heavy atom. The van der Waals surface area contributed by atoms with Crippen molar-refractivity contribution in [3.8, 4) is 0 Å². The van der Waals surface area contributed by atoms with Crippen molar-refractivity contribution in [2.24, 2.45) is 5.41 Å². The summed E-state index contributed by atoms with van der Waals surface area (Å²) in [6.07, 6.45) is 12.6. The van der Waals surface area contributed by atoms with Gasteiger partial charge in [-0.3, -0.25) is 4.98 Å². The van der Waals surface area contributed by atoms with Crippen LogP contribution in [0, 0.1) is 5.41 Å². The van der Waals surface area contributed by atoms with Gasteiger partial charge in [0.1, 0.15) is 0 Å². The standard InChI is InChI=1S/C15H21N/c1-13-5-8-15(2,9-6-13)10-7-14-4-3-11-16-12-14/h3-5,11-12H,6-10H2,1-2H3. The Labute approximate surface area is 98.6 Å². The number of rotatable bonds is 3. The number of pyridine rings is 1. The molecule has 0 bridgehead atoms. The minimum atomic E-state index is 0.509. The average Bonchev–Trinajstić information content (AvgIpc) is 2.33. The summed E-state index contributed by atoms with van der Waals surface area (Å²) in [6, 6.07) is 4.21. The molecule has 1 aromatic rings. The van der Waals surface area contributed by atoms with Gasteiger partial charge in [0.2, 0.25) is 0 Å². The molecule has 1 nitrogen and oxygen atoms in total. The zero-order chi connectivity index (χ0) is 11.4. The van der Waals surface area contributed by atoms with E-state index in [1.165, 1.54) is 31.2 Å². The lowest BCUT2D eigenvalue weighted by Gasteiger charge is -2.32. The zero-order valence-electron chi connectivity index (χ0n) is 10.4. The van der Waals surface area contributed by atoms with Crippen molar-refractivity contribution in [3.05, 3.63) is 41.7 Å². The van der Waals surface area contributed by atoms with Crippen LogP contribution in [0.4, 0.5) is 0 Å². The van der Waals surface area contributed by atoms with Gasteiger partial charge in [0, 0.05) is 12.4 Å². The monoisotopic (exact) mass is 215 g/mol. The molecule has 0 saturated heterocycles. The summed E-state index contributed by atoms with van der Waals surface area (Å²) in [5.41, 5.74) is 3.45. The van der Waals surface area contributed by atoms with Crippen molar-refractivity contribution in [1.82, 2.24) is 4.98 Å². The molecule has 0 aromatic carbocycles. The van der Waals surface area contributed by atoms with Crippen LogP contribution in [-0.2, 0) is 6.42 Å². The van der Waals surface area contributed by atoms with Crippen molar-refractivity contribution in [3.63, 3.8) is 0 Å². The number of aryl methyl sites for hydroxylation is 1. The van der Waals surface area contributed by atoms with Crippen LogP contribution in [-0.4, -0.2) is 4.98 Å². The minimum Gasteiger partial charge on any atom is -0.264 e. The van der Waals surface area contributed by atoms with Crippen molar-refractivity contribution in [1.29, 1.82) is 0 Å². The van der Waals surface area contributed by atoms with Gasteiger partial charge in [-0.2, -0.15) is 0 Å². The highest BCUT2D eigenvalue weighted by Gasteiger charge is 2.25. The van der Waals surface area contributed by atoms with E-state index in [-0.39, 0.29) is 0 Å². The molecule has 1 heteroatoms. The molecule has 0 amide bonds. The fourth-order valence-electron chi connectivity index (χ4n) is 2.34. The van der Waals surface area contributed by atoms with E-state index in [1.54, 1.807) is 5.57 Å². The second-order valence-corrected chi connectivity index (χ2v) is 5.43. The van der Waals surface area contributed by atoms with Crippen LogP contribution in [0.5, 0.6) is 0 Å². The lowest BCUT2D eigenvalue weighted by Crippen LogP contribution is -2.19. The first-order valence-electron chi connectivity index (χ1n) is 6.23. The van der Waals surface area contributed by atoms with Gasteiger partial charge in [0.05, 0.1) is 0 Å². The predicted molar refractivity (Wildman–Crippen MR) is 68.3 cm³/mol. The number of hydrogen-bond acceptors (Lipinski definition) is 1. The normalized spacial score (nSPS) is 25.2. The summed E-state index contributed by atoms with van der Waals surface area (Å²) in [6.45, 7) is 4.67. The summed E-state index contributed by atoms with van der Waals surface area (Å²) in [7, 11) is 0. The van der Waals surface area contributed by atoms with Gasteiger partial charge in [-0.05, 0) is 56.1 Å². The van der Waals surface area contributed by atoms with Crippen LogP contribution < -0.4 is 0 Å². The van der Waals surface area contributed by atoms with Gasteiger partial charge in [0.25, 0.3) is 0 Å². The molecule has 0 fully saturated rings. The Morgan fingerprint density at radius 3 is 2.94 bits per heavy atom. The number of nitrogens with zero attached hydrogens (tertiary/aromatic N) is 1. The van der Waals surface area contributed by atoms with Gasteiger partial charge in [-0.25, -0.2) is 0 Å². The highest BCUT2D eigenvalue weighted by molar-refractivity contribution is 5.11. The number of hydrogen-bond donors (Lipinski definition) is 0. The van der Waals surface area contributed by atoms with E-state index in [1.807, 2.05) is 18.5 Å². The predicted octanol–water partition coefficient (Wildman–Crippen LogP) is 4.15. The fraction of sp³-hybridized carbons (Fsp3) is 0.533. The molecule has 1 aliphatic rings. The Morgan fingerprint density at radius 2 is 2.31 bits per heavy atom. The molecule has 16 heavy (non-hydrogen) atoms. The Hall–Kier alpha value is -1.11. The minimum absolute atomic E-state index is 0.509. The van der Waals surface area contributed by atoms with Crippen LogP contribution in [0.2, 0.25) is 0 Å². The quantitative estimate of drug-likeness (QED) is 0.690. The lowest BCUT2D eigenvalue weighted by molar-refractivity contribution is 0.264. The molecule has 1 unspecified atom stereocenters. The SMILES string of the molecule is CC1=CCC(C)(CCc2cccnc2)CC1. The molecule has 0 N–H and O–H groups in total. The van der Waals surface area contributed by atoms with Crippen LogP contribution in [0.1, 0.15) is 45.1 Å². The highest BCUT2D eigenvalue weighted by atomic mass is 14.6. The van der Waals surface area contributed by atoms with Gasteiger partial charge in [0.15, 0.2) is 0 Å². The Balaban J connectivity index is 1.91. The van der Waals surface area contributed by atoms with E-state index in [0.29, 0.717) is 5.41 Å². The Kier molecular flexibility index (Phi) is 3.42. The molecular weight excluding hydrogens is 194 g/mol. The summed E-state index contributed by atoms with van der Waals surface area (Å²) >= 11 is 0. The van der Waals surface area contributed by atoms with E-state index < -0.39 is 0 Å². The van der Waals surface area contributed by atoms with Crippen LogP contribution in [0.25, 0.3) is 0 Å². The average molecular weight is 215 g/mol. The summed E-state index contributed by atoms with van der Waals surface area (Å²) in [5.74, 6) is 0. The van der Waals surface area contributed by atoms with Crippen LogP contribution in [0.15, 0.2) is 36.2 Å². The first-order chi connectivity index (χ1) is 7.68. The topological polar surface area (TPSA) is 12.9 Å². The first-order valence-corrected chi connectivity index (χ1v) is 6.23. The van der Waals surface area contributed by atoms with Crippen molar-refractivity contribution >= 4 is 0 Å². The summed E-state index contributed by atoms with van der Waals surface area (Å²) in [5, 5.41) is 0. The molecule has 2 rings (SSSR count). The van der Waals surface area contributed by atoms with Crippen molar-refractivity contribution < 1.29 is 0 Å². The maximum absolute atomic E-state index is 4.17. The fourth-order valence-corrected chi connectivity index (χ4v) is 2.34. The first kappa shape index (κ1) is 11.4. The largest absolute Gasteiger partial charge is 0.264 e. The second kappa shape index (κ2) is 4.82. The summed E-state index contributed by atoms with van der Waals surface area (Å²) < 4.78 is 0. The maximum Gasteiger partial charge on any atom is 0.0299 e. The third kappa shape index (κ3) is 2.94. The second-order valence-electron chi connectivity index (χ2n) is 5.43. The Bertz CT molecular complexity index is 366. The molecule has 0 aliphatic heterocycles. The molecular formula is C15H21N. The number of allylic oxidation sites excluding steroid dienone is 2. The molecule has 0 saturated carbocycles. The van der Waals surface area contributed by atoms with E-state index >= 15 is 0 Å². The van der Waals surface area contributed by atoms with Gasteiger partial charge in [-0.15, -0.1) is 0 Å². The molecule has 0 spiro atoms. The molecule has 1 aromatic heterocycles. The molecule has 1 atom stereocenters. The van der Waals surface area contributed by atoms with Crippen molar-refractivity contribution in [2.75, 3.05) is 0 Å². The van der Waals surface area contributed by atoms with Crippen molar-refractivity contribution in [2.45, 2.75) is 46.0 Å². The van der Waals surface area contributed by atoms with E-state index in [4.69, 9.17) is 0 Å². The van der Waals surface area contributed by atoms with Gasteiger partial charge >= 0.3 is 0 Å². The van der Waals surface area contributed by atoms with Crippen LogP contribution in [0.3, 0.4) is 0 Å². The van der Waals surface area contributed by atoms with Gasteiger partial charge < -0.3 is 0 Å². The lowest BCUT2D eigenvalue weighted by atomic mass is 9.73. The molecule has 1 aliphatic carbocycles. The highest BCUT2D eigenvalue weighted by Crippen LogP contribution is 2.38. The maximum atomic E-state index is 4.17. The van der Waals surface area contributed by atoms with E-state index in [9.17, 15) is 0 Å². The molecule has 0 radical (unpaired) electrons. The van der Waals surface area contributed by atoms with Gasteiger partial charge in [-0.1, -0.05) is 24.6 Å². The van der Waals surface area contributed by atoms with E-state index in [2.05, 4.69) is 31.0 Å². The third-order valence-electron chi connectivity index (χ3n) is 3.81. The summed E-state index contributed by atoms with van der Waals surface area (Å²) in [4.78, 5) is 4.17. The number of aromatic nitrogens is 1. The molecule has 1 heterocycles. The zero-order valence-corrected chi connectivity index (χ0v) is 10.4. The smallest absolute Gasteiger partial charge is 0.0299 e.